The number of methoxy groups -OCH3 is 1. The minimum absolute atomic E-state index is 0.0456. The van der Waals surface area contributed by atoms with E-state index in [0.717, 1.165) is 12.1 Å². The third-order valence-electron chi connectivity index (χ3n) is 5.99. The van der Waals surface area contributed by atoms with Crippen LogP contribution < -0.4 is 20.9 Å². The zero-order valence-corrected chi connectivity index (χ0v) is 19.2. The van der Waals surface area contributed by atoms with Crippen molar-refractivity contribution in [2.45, 2.75) is 25.0 Å². The van der Waals surface area contributed by atoms with Crippen molar-refractivity contribution in [3.8, 4) is 34.2 Å². The molecule has 0 radical (unpaired) electrons. The van der Waals surface area contributed by atoms with Crippen LogP contribution in [0.2, 0.25) is 0 Å². The van der Waals surface area contributed by atoms with Gasteiger partial charge in [-0.1, -0.05) is 12.1 Å². The maximum absolute atomic E-state index is 14.6. The molecule has 10 nitrogen and oxygen atoms in total. The molecule has 4 rings (SSSR count). The highest BCUT2D eigenvalue weighted by molar-refractivity contribution is 5.81. The predicted octanol–water partition coefficient (Wildman–Crippen LogP) is 1.21. The molecule has 5 N–H and O–H groups in total. The Labute approximate surface area is 204 Å². The van der Waals surface area contributed by atoms with Crippen LogP contribution in [0.15, 0.2) is 41.2 Å². The Kier molecular flexibility index (Phi) is 6.75. The number of nitrogens with two attached hydrogens (primary N) is 1. The lowest BCUT2D eigenvalue weighted by Gasteiger charge is -2.34. The predicted molar refractivity (Wildman–Crippen MR) is 125 cm³/mol. The van der Waals surface area contributed by atoms with E-state index >= 15 is 0 Å². The second kappa shape index (κ2) is 9.63. The molecular formula is C24H23F2N5O5. The van der Waals surface area contributed by atoms with Gasteiger partial charge in [0, 0.05) is 24.7 Å². The van der Waals surface area contributed by atoms with E-state index < -0.39 is 23.3 Å². The molecule has 1 saturated heterocycles. The standard InChI is InChI=1S/C24H23F2N5O5/c1-36-19-5-4-13(10-18(19)26)20-21(14-2-3-15(12-27)17(25)11-14)29-23(30-8-6-16(28)7-9-30)31(22(20)32)24(33,34)35/h2-5,10-11,16,33-35H,6-9,28H2,1H3. The molecule has 0 bridgehead atoms. The molecule has 0 spiro atoms. The zero-order chi connectivity index (χ0) is 26.2. The van der Waals surface area contributed by atoms with Gasteiger partial charge in [0.25, 0.3) is 5.56 Å². The molecule has 0 amide bonds. The maximum Gasteiger partial charge on any atom is 0.378 e. The fraction of sp³-hybridized carbons (Fsp3) is 0.292. The highest BCUT2D eigenvalue weighted by Gasteiger charge is 2.34. The van der Waals surface area contributed by atoms with Gasteiger partial charge in [-0.25, -0.2) is 13.8 Å². The first-order valence-electron chi connectivity index (χ1n) is 10.9. The lowest BCUT2D eigenvalue weighted by atomic mass is 9.99. The second-order valence-electron chi connectivity index (χ2n) is 8.36. The number of benzene rings is 2. The van der Waals surface area contributed by atoms with Crippen molar-refractivity contribution in [2.75, 3.05) is 25.1 Å². The fourth-order valence-electron chi connectivity index (χ4n) is 4.14. The quantitative estimate of drug-likeness (QED) is 0.379. The summed E-state index contributed by atoms with van der Waals surface area (Å²) < 4.78 is 34.3. The number of rotatable bonds is 5. The van der Waals surface area contributed by atoms with Crippen LogP contribution >= 0.6 is 0 Å². The molecule has 1 aliphatic heterocycles. The van der Waals surface area contributed by atoms with E-state index in [1.54, 1.807) is 6.07 Å². The van der Waals surface area contributed by atoms with Crippen molar-refractivity contribution in [1.82, 2.24) is 9.55 Å². The first-order valence-corrected chi connectivity index (χ1v) is 10.9. The average molecular weight is 499 g/mol. The van der Waals surface area contributed by atoms with Crippen LogP contribution in [0.5, 0.6) is 5.75 Å². The lowest BCUT2D eigenvalue weighted by molar-refractivity contribution is -0.376. The average Bonchev–Trinajstić information content (AvgIpc) is 2.83. The summed E-state index contributed by atoms with van der Waals surface area (Å²) in [5, 5.41) is 39.4. The molecule has 0 unspecified atom stereocenters. The van der Waals surface area contributed by atoms with Crippen molar-refractivity contribution in [3.63, 3.8) is 0 Å². The van der Waals surface area contributed by atoms with Crippen LogP contribution in [0.1, 0.15) is 18.4 Å². The van der Waals surface area contributed by atoms with Crippen molar-refractivity contribution in [1.29, 1.82) is 5.26 Å². The molecule has 3 aromatic rings. The molecule has 12 heteroatoms. The number of aromatic nitrogens is 2. The number of hydrogen-bond donors (Lipinski definition) is 4. The topological polar surface area (TPSA) is 158 Å². The van der Waals surface area contributed by atoms with E-state index in [2.05, 4.69) is 4.98 Å². The van der Waals surface area contributed by atoms with E-state index in [9.17, 15) is 28.9 Å². The van der Waals surface area contributed by atoms with Crippen molar-refractivity contribution < 1.29 is 28.8 Å². The first-order chi connectivity index (χ1) is 17.0. The van der Waals surface area contributed by atoms with E-state index in [1.165, 1.54) is 36.3 Å². The number of nitrogens with zero attached hydrogens (tertiary/aromatic N) is 4. The summed E-state index contributed by atoms with van der Waals surface area (Å²) in [7, 11) is 1.26. The Bertz CT molecular complexity index is 1410. The van der Waals surface area contributed by atoms with Crippen molar-refractivity contribution in [2.24, 2.45) is 5.73 Å². The lowest BCUT2D eigenvalue weighted by Crippen LogP contribution is -2.48. The third kappa shape index (κ3) is 4.65. The van der Waals surface area contributed by atoms with Gasteiger partial charge in [0.15, 0.2) is 11.6 Å². The Morgan fingerprint density at radius 3 is 2.31 bits per heavy atom. The monoisotopic (exact) mass is 499 g/mol. The number of ether oxygens (including phenoxy) is 1. The molecule has 36 heavy (non-hydrogen) atoms. The third-order valence-corrected chi connectivity index (χ3v) is 5.99. The molecule has 2 heterocycles. The van der Waals surface area contributed by atoms with Gasteiger partial charge in [-0.15, -0.1) is 0 Å². The Morgan fingerprint density at radius 1 is 1.11 bits per heavy atom. The van der Waals surface area contributed by atoms with Crippen molar-refractivity contribution >= 4 is 5.95 Å². The van der Waals surface area contributed by atoms with Crippen LogP contribution in [-0.4, -0.2) is 51.1 Å². The second-order valence-corrected chi connectivity index (χ2v) is 8.36. The number of nitriles is 1. The molecular weight excluding hydrogens is 476 g/mol. The van der Waals surface area contributed by atoms with Crippen LogP contribution in [0.25, 0.3) is 22.4 Å². The normalized spacial score (nSPS) is 14.6. The summed E-state index contributed by atoms with van der Waals surface area (Å²) in [4.78, 5) is 19.7. The summed E-state index contributed by atoms with van der Waals surface area (Å²) >= 11 is 0. The summed E-state index contributed by atoms with van der Waals surface area (Å²) in [6.07, 6.45) is -2.66. The summed E-state index contributed by atoms with van der Waals surface area (Å²) in [6.45, 7) is 0.558. The van der Waals surface area contributed by atoms with Gasteiger partial charge in [-0.2, -0.15) is 9.83 Å². The highest BCUT2D eigenvalue weighted by atomic mass is 19.1. The molecule has 188 valence electrons. The van der Waals surface area contributed by atoms with Gasteiger partial charge >= 0.3 is 6.10 Å². The van der Waals surface area contributed by atoms with E-state index in [1.807, 2.05) is 0 Å². The van der Waals surface area contributed by atoms with Gasteiger partial charge in [0.2, 0.25) is 5.95 Å². The molecule has 1 fully saturated rings. The summed E-state index contributed by atoms with van der Waals surface area (Å²) in [5.74, 6) is -2.12. The van der Waals surface area contributed by atoms with Gasteiger partial charge in [-0.3, -0.25) is 4.79 Å². The van der Waals surface area contributed by atoms with Crippen LogP contribution in [-0.2, 0) is 6.10 Å². The summed E-state index contributed by atoms with van der Waals surface area (Å²) in [5.41, 5.74) is 4.13. The van der Waals surface area contributed by atoms with E-state index in [4.69, 9.17) is 15.7 Å². The highest BCUT2D eigenvalue weighted by Crippen LogP contribution is 2.34. The SMILES string of the molecule is COc1ccc(-c2c(-c3ccc(C#N)c(F)c3)nc(N3CCC(N)CC3)n(C(O)(O)O)c2=O)cc1F. The van der Waals surface area contributed by atoms with Crippen LogP contribution in [0.3, 0.4) is 0 Å². The van der Waals surface area contributed by atoms with Crippen molar-refractivity contribution in [3.05, 3.63) is 63.9 Å². The maximum atomic E-state index is 14.6. The van der Waals surface area contributed by atoms with Gasteiger partial charge in [0.1, 0.15) is 11.9 Å². The Morgan fingerprint density at radius 2 is 1.75 bits per heavy atom. The van der Waals surface area contributed by atoms with Gasteiger partial charge in [0.05, 0.1) is 23.9 Å². The first kappa shape index (κ1) is 25.2. The Balaban J connectivity index is 2.06. The van der Waals surface area contributed by atoms with Crippen LogP contribution in [0, 0.1) is 23.0 Å². The minimum atomic E-state index is -3.66. The smallest absolute Gasteiger partial charge is 0.378 e. The van der Waals surface area contributed by atoms with Crippen LogP contribution in [0.4, 0.5) is 14.7 Å². The molecule has 0 saturated carbocycles. The van der Waals surface area contributed by atoms with E-state index in [-0.39, 0.29) is 63.3 Å². The number of halogens is 2. The molecule has 0 atom stereocenters. The molecule has 1 aliphatic rings. The minimum Gasteiger partial charge on any atom is -0.494 e. The molecule has 0 aliphatic carbocycles. The van der Waals surface area contributed by atoms with E-state index in [0.29, 0.717) is 12.8 Å². The molecule has 1 aromatic heterocycles. The van der Waals surface area contributed by atoms with Gasteiger partial charge in [-0.05, 0) is 42.7 Å². The number of piperidine rings is 1. The number of anilines is 1. The largest absolute Gasteiger partial charge is 0.494 e. The zero-order valence-electron chi connectivity index (χ0n) is 19.2. The number of hydrogen-bond acceptors (Lipinski definition) is 9. The molecule has 2 aromatic carbocycles. The summed E-state index contributed by atoms with van der Waals surface area (Å²) in [6, 6.07) is 8.70. The van der Waals surface area contributed by atoms with Gasteiger partial charge < -0.3 is 30.7 Å². The Hall–Kier alpha value is -3.89. The number of aliphatic hydroxyl groups is 3. The fourth-order valence-corrected chi connectivity index (χ4v) is 4.14.